The Morgan fingerprint density at radius 3 is 2.63 bits per heavy atom. The summed E-state index contributed by atoms with van der Waals surface area (Å²) in [4.78, 5) is 4.18. The van der Waals surface area contributed by atoms with Gasteiger partial charge < -0.3 is 5.32 Å². The molecule has 0 saturated carbocycles. The molecule has 0 bridgehead atoms. The molecule has 0 aliphatic rings. The van der Waals surface area contributed by atoms with Crippen LogP contribution in [0.2, 0.25) is 0 Å². The molecule has 1 aromatic rings. The van der Waals surface area contributed by atoms with Crippen LogP contribution in [0.4, 0.5) is 0 Å². The van der Waals surface area contributed by atoms with Crippen molar-refractivity contribution in [1.82, 2.24) is 14.6 Å². The van der Waals surface area contributed by atoms with E-state index in [1.165, 1.54) is 4.31 Å². The molecule has 108 valence electrons. The van der Waals surface area contributed by atoms with E-state index in [4.69, 9.17) is 0 Å². The first-order valence-electron chi connectivity index (χ1n) is 6.62. The normalized spacial score (nSPS) is 13.7. The zero-order chi connectivity index (χ0) is 14.3. The molecule has 1 heterocycles. The lowest BCUT2D eigenvalue weighted by atomic mass is 10.3. The molecule has 1 rings (SSSR count). The third kappa shape index (κ3) is 4.56. The van der Waals surface area contributed by atoms with E-state index < -0.39 is 15.3 Å². The van der Waals surface area contributed by atoms with Gasteiger partial charge in [0.15, 0.2) is 0 Å². The Kier molecular flexibility index (Phi) is 6.41. The summed E-state index contributed by atoms with van der Waals surface area (Å²) in [5.74, 6) is 0. The molecule has 0 aliphatic heterocycles. The molecule has 0 saturated heterocycles. The molecule has 0 spiro atoms. The second-order valence-corrected chi connectivity index (χ2v) is 6.76. The standard InChI is InChI=1S/C13H23N3O2S/c1-4-14-10-12(3)19(17,18)16(5-2)11-13-8-6-7-9-15-13/h6-9,12,14H,4-5,10-11H2,1-3H3. The van der Waals surface area contributed by atoms with Gasteiger partial charge in [0.25, 0.3) is 0 Å². The van der Waals surface area contributed by atoms with Gasteiger partial charge in [-0.1, -0.05) is 19.9 Å². The summed E-state index contributed by atoms with van der Waals surface area (Å²) in [6.45, 7) is 7.57. The summed E-state index contributed by atoms with van der Waals surface area (Å²) < 4.78 is 26.3. The minimum Gasteiger partial charge on any atom is -0.316 e. The van der Waals surface area contributed by atoms with Crippen LogP contribution in [-0.4, -0.2) is 42.6 Å². The lowest BCUT2D eigenvalue weighted by Gasteiger charge is -2.24. The number of hydrogen-bond donors (Lipinski definition) is 1. The van der Waals surface area contributed by atoms with Crippen molar-refractivity contribution in [3.63, 3.8) is 0 Å². The minimum atomic E-state index is -3.29. The minimum absolute atomic E-state index is 0.330. The predicted octanol–water partition coefficient (Wildman–Crippen LogP) is 1.23. The summed E-state index contributed by atoms with van der Waals surface area (Å²) in [5.41, 5.74) is 0.767. The second kappa shape index (κ2) is 7.57. The fourth-order valence-electron chi connectivity index (χ4n) is 1.76. The lowest BCUT2D eigenvalue weighted by molar-refractivity contribution is 0.410. The Bertz CT molecular complexity index is 462. The molecule has 1 aromatic heterocycles. The highest BCUT2D eigenvalue weighted by Crippen LogP contribution is 2.12. The van der Waals surface area contributed by atoms with E-state index >= 15 is 0 Å². The maximum atomic E-state index is 12.4. The molecule has 0 aliphatic carbocycles. The van der Waals surface area contributed by atoms with Gasteiger partial charge in [-0.3, -0.25) is 4.98 Å². The summed E-state index contributed by atoms with van der Waals surface area (Å²) in [6, 6.07) is 5.53. The van der Waals surface area contributed by atoms with Crippen LogP contribution >= 0.6 is 0 Å². The van der Waals surface area contributed by atoms with Gasteiger partial charge >= 0.3 is 0 Å². The van der Waals surface area contributed by atoms with E-state index in [9.17, 15) is 8.42 Å². The molecule has 1 atom stereocenters. The van der Waals surface area contributed by atoms with Crippen molar-refractivity contribution in [2.75, 3.05) is 19.6 Å². The van der Waals surface area contributed by atoms with Crippen LogP contribution in [0.1, 0.15) is 26.5 Å². The molecule has 0 radical (unpaired) electrons. The van der Waals surface area contributed by atoms with E-state index in [1.807, 2.05) is 32.0 Å². The molecule has 0 fully saturated rings. The predicted molar refractivity (Wildman–Crippen MR) is 77.2 cm³/mol. The second-order valence-electron chi connectivity index (χ2n) is 4.41. The first kappa shape index (κ1) is 16.1. The van der Waals surface area contributed by atoms with Gasteiger partial charge in [-0.05, 0) is 25.6 Å². The Labute approximate surface area is 116 Å². The first-order chi connectivity index (χ1) is 9.02. The fourth-order valence-corrected chi connectivity index (χ4v) is 3.27. The third-order valence-electron chi connectivity index (χ3n) is 2.97. The molecule has 1 N–H and O–H groups in total. The molecule has 1 unspecified atom stereocenters. The highest BCUT2D eigenvalue weighted by atomic mass is 32.2. The van der Waals surface area contributed by atoms with Crippen LogP contribution in [-0.2, 0) is 16.6 Å². The molecule has 0 aromatic carbocycles. The van der Waals surface area contributed by atoms with E-state index in [1.54, 1.807) is 13.1 Å². The van der Waals surface area contributed by atoms with Gasteiger partial charge in [-0.15, -0.1) is 0 Å². The van der Waals surface area contributed by atoms with Gasteiger partial charge in [0.2, 0.25) is 10.0 Å². The summed E-state index contributed by atoms with van der Waals surface area (Å²) in [6.07, 6.45) is 1.68. The van der Waals surface area contributed by atoms with Crippen molar-refractivity contribution in [3.05, 3.63) is 30.1 Å². The van der Waals surface area contributed by atoms with Crippen molar-refractivity contribution in [2.24, 2.45) is 0 Å². The lowest BCUT2D eigenvalue weighted by Crippen LogP contribution is -2.41. The van der Waals surface area contributed by atoms with Gasteiger partial charge in [0.1, 0.15) is 0 Å². The molecule has 6 heteroatoms. The number of sulfonamides is 1. The van der Waals surface area contributed by atoms with Crippen molar-refractivity contribution < 1.29 is 8.42 Å². The number of nitrogens with one attached hydrogen (secondary N) is 1. The smallest absolute Gasteiger partial charge is 0.218 e. The summed E-state index contributed by atoms with van der Waals surface area (Å²) in [5, 5.41) is 2.64. The molecule has 19 heavy (non-hydrogen) atoms. The van der Waals surface area contributed by atoms with E-state index in [0.29, 0.717) is 19.6 Å². The Hall–Kier alpha value is -0.980. The summed E-state index contributed by atoms with van der Waals surface area (Å²) >= 11 is 0. The highest BCUT2D eigenvalue weighted by molar-refractivity contribution is 7.89. The van der Waals surface area contributed by atoms with Crippen molar-refractivity contribution >= 4 is 10.0 Å². The summed E-state index contributed by atoms with van der Waals surface area (Å²) in [7, 11) is -3.29. The zero-order valence-electron chi connectivity index (χ0n) is 11.8. The maximum absolute atomic E-state index is 12.4. The molecule has 0 amide bonds. The van der Waals surface area contributed by atoms with Gasteiger partial charge in [0.05, 0.1) is 17.5 Å². The number of nitrogens with zero attached hydrogens (tertiary/aromatic N) is 2. The number of hydrogen-bond acceptors (Lipinski definition) is 4. The van der Waals surface area contributed by atoms with Crippen LogP contribution in [0.3, 0.4) is 0 Å². The van der Waals surface area contributed by atoms with Crippen molar-refractivity contribution in [3.8, 4) is 0 Å². The fraction of sp³-hybridized carbons (Fsp3) is 0.615. The maximum Gasteiger partial charge on any atom is 0.218 e. The van der Waals surface area contributed by atoms with Gasteiger partial charge in [0, 0.05) is 19.3 Å². The van der Waals surface area contributed by atoms with Gasteiger partial charge in [-0.25, -0.2) is 8.42 Å². The topological polar surface area (TPSA) is 62.3 Å². The van der Waals surface area contributed by atoms with Crippen LogP contribution in [0.25, 0.3) is 0 Å². The molecular formula is C13H23N3O2S. The Morgan fingerprint density at radius 2 is 2.11 bits per heavy atom. The quantitative estimate of drug-likeness (QED) is 0.780. The molecule has 5 nitrogen and oxygen atoms in total. The zero-order valence-corrected chi connectivity index (χ0v) is 12.7. The third-order valence-corrected chi connectivity index (χ3v) is 5.26. The van der Waals surface area contributed by atoms with Crippen LogP contribution in [0.5, 0.6) is 0 Å². The number of rotatable bonds is 8. The van der Waals surface area contributed by atoms with E-state index in [0.717, 1.165) is 12.2 Å². The van der Waals surface area contributed by atoms with Crippen LogP contribution in [0, 0.1) is 0 Å². The monoisotopic (exact) mass is 285 g/mol. The molecular weight excluding hydrogens is 262 g/mol. The van der Waals surface area contributed by atoms with E-state index in [2.05, 4.69) is 10.3 Å². The number of aromatic nitrogens is 1. The van der Waals surface area contributed by atoms with Crippen LogP contribution < -0.4 is 5.32 Å². The Morgan fingerprint density at radius 1 is 1.37 bits per heavy atom. The number of pyridine rings is 1. The average Bonchev–Trinajstić information content (AvgIpc) is 2.42. The van der Waals surface area contributed by atoms with E-state index in [-0.39, 0.29) is 0 Å². The van der Waals surface area contributed by atoms with Crippen molar-refractivity contribution in [1.29, 1.82) is 0 Å². The van der Waals surface area contributed by atoms with Crippen molar-refractivity contribution in [2.45, 2.75) is 32.6 Å². The highest BCUT2D eigenvalue weighted by Gasteiger charge is 2.27. The Balaban J connectivity index is 2.78. The first-order valence-corrected chi connectivity index (χ1v) is 8.12. The van der Waals surface area contributed by atoms with Crippen LogP contribution in [0.15, 0.2) is 24.4 Å². The largest absolute Gasteiger partial charge is 0.316 e. The SMILES string of the molecule is CCNCC(C)S(=O)(=O)N(CC)Cc1ccccn1. The average molecular weight is 285 g/mol. The van der Waals surface area contributed by atoms with Gasteiger partial charge in [-0.2, -0.15) is 4.31 Å².